The van der Waals surface area contributed by atoms with Crippen molar-refractivity contribution in [2.24, 2.45) is 0 Å². The highest BCUT2D eigenvalue weighted by Crippen LogP contribution is 2.06. The number of nitrogens with zero attached hydrogens (tertiary/aromatic N) is 2. The van der Waals surface area contributed by atoms with Crippen LogP contribution in [0.1, 0.15) is 5.56 Å². The summed E-state index contributed by atoms with van der Waals surface area (Å²) in [5.41, 5.74) is 0.830. The number of rotatable bonds is 5. The van der Waals surface area contributed by atoms with Crippen LogP contribution in [0.2, 0.25) is 0 Å². The van der Waals surface area contributed by atoms with E-state index in [9.17, 15) is 17.6 Å². The summed E-state index contributed by atoms with van der Waals surface area (Å²) >= 11 is 0. The van der Waals surface area contributed by atoms with E-state index in [0.29, 0.717) is 32.7 Å². The lowest BCUT2D eigenvalue weighted by Gasteiger charge is -2.32. The SMILES string of the molecule is CS(=O)(=O)N1CCN(CC(=O)NCc2ccc(F)cc2)CC1. The topological polar surface area (TPSA) is 69.7 Å². The second-order valence-electron chi connectivity index (χ2n) is 5.34. The van der Waals surface area contributed by atoms with Gasteiger partial charge in [0.05, 0.1) is 12.8 Å². The number of amides is 1. The van der Waals surface area contributed by atoms with Crippen LogP contribution < -0.4 is 5.32 Å². The van der Waals surface area contributed by atoms with Crippen LogP contribution in [0.5, 0.6) is 0 Å². The lowest BCUT2D eigenvalue weighted by Crippen LogP contribution is -2.50. The average Bonchev–Trinajstić information content (AvgIpc) is 2.46. The molecule has 1 aromatic rings. The quantitative estimate of drug-likeness (QED) is 0.827. The van der Waals surface area contributed by atoms with E-state index in [1.807, 2.05) is 4.90 Å². The second-order valence-corrected chi connectivity index (χ2v) is 7.32. The van der Waals surface area contributed by atoms with E-state index in [1.54, 1.807) is 12.1 Å². The van der Waals surface area contributed by atoms with Crippen LogP contribution in [0, 0.1) is 5.82 Å². The maximum Gasteiger partial charge on any atom is 0.234 e. The zero-order valence-electron chi connectivity index (χ0n) is 12.5. The van der Waals surface area contributed by atoms with Crippen LogP contribution in [0.25, 0.3) is 0 Å². The molecule has 0 spiro atoms. The Morgan fingerprint density at radius 1 is 1.18 bits per heavy atom. The predicted molar refractivity (Wildman–Crippen MR) is 81.1 cm³/mol. The summed E-state index contributed by atoms with van der Waals surface area (Å²) in [5.74, 6) is -0.434. The summed E-state index contributed by atoms with van der Waals surface area (Å²) in [6.07, 6.45) is 1.19. The highest BCUT2D eigenvalue weighted by Gasteiger charge is 2.24. The molecule has 0 atom stereocenters. The molecule has 122 valence electrons. The third-order valence-electron chi connectivity index (χ3n) is 3.57. The third-order valence-corrected chi connectivity index (χ3v) is 4.87. The normalized spacial score (nSPS) is 17.4. The maximum atomic E-state index is 12.8. The Bertz CT molecular complexity index is 611. The predicted octanol–water partition coefficient (Wildman–Crippen LogP) is 0.0191. The minimum absolute atomic E-state index is 0.128. The summed E-state index contributed by atoms with van der Waals surface area (Å²) in [6, 6.07) is 5.96. The molecule has 1 saturated heterocycles. The molecule has 0 aromatic heterocycles. The van der Waals surface area contributed by atoms with Crippen molar-refractivity contribution in [1.82, 2.24) is 14.5 Å². The molecule has 1 aliphatic rings. The van der Waals surface area contributed by atoms with Gasteiger partial charge in [-0.2, -0.15) is 4.31 Å². The van der Waals surface area contributed by atoms with Gasteiger partial charge < -0.3 is 5.32 Å². The molecule has 1 aromatic carbocycles. The first kappa shape index (κ1) is 16.9. The third kappa shape index (κ3) is 5.04. The van der Waals surface area contributed by atoms with Crippen molar-refractivity contribution in [1.29, 1.82) is 0 Å². The Kier molecular flexibility index (Phi) is 5.49. The number of piperazine rings is 1. The fourth-order valence-electron chi connectivity index (χ4n) is 2.28. The van der Waals surface area contributed by atoms with Gasteiger partial charge in [-0.1, -0.05) is 12.1 Å². The lowest BCUT2D eigenvalue weighted by molar-refractivity contribution is -0.122. The number of carbonyl (C=O) groups excluding carboxylic acids is 1. The van der Waals surface area contributed by atoms with Gasteiger partial charge in [0, 0.05) is 32.7 Å². The monoisotopic (exact) mass is 329 g/mol. The molecule has 0 unspecified atom stereocenters. The highest BCUT2D eigenvalue weighted by atomic mass is 32.2. The Labute approximate surface area is 130 Å². The summed E-state index contributed by atoms with van der Waals surface area (Å²) < 4.78 is 37.0. The van der Waals surface area contributed by atoms with Crippen LogP contribution in [0.4, 0.5) is 4.39 Å². The number of hydrogen-bond donors (Lipinski definition) is 1. The molecule has 8 heteroatoms. The Hall–Kier alpha value is -1.51. The Balaban J connectivity index is 1.73. The highest BCUT2D eigenvalue weighted by molar-refractivity contribution is 7.88. The van der Waals surface area contributed by atoms with Gasteiger partial charge in [-0.15, -0.1) is 0 Å². The first-order valence-electron chi connectivity index (χ1n) is 7.03. The van der Waals surface area contributed by atoms with Gasteiger partial charge in [-0.05, 0) is 17.7 Å². The van der Waals surface area contributed by atoms with Crippen molar-refractivity contribution in [3.8, 4) is 0 Å². The van der Waals surface area contributed by atoms with Gasteiger partial charge in [-0.3, -0.25) is 9.69 Å². The van der Waals surface area contributed by atoms with E-state index < -0.39 is 10.0 Å². The summed E-state index contributed by atoms with van der Waals surface area (Å²) in [6.45, 7) is 2.48. The van der Waals surface area contributed by atoms with Crippen molar-refractivity contribution >= 4 is 15.9 Å². The molecule has 6 nitrogen and oxygen atoms in total. The first-order valence-corrected chi connectivity index (χ1v) is 8.88. The number of hydrogen-bond acceptors (Lipinski definition) is 4. The van der Waals surface area contributed by atoms with Crippen molar-refractivity contribution in [3.05, 3.63) is 35.6 Å². The first-order chi connectivity index (χ1) is 10.3. The maximum absolute atomic E-state index is 12.8. The van der Waals surface area contributed by atoms with Crippen LogP contribution in [-0.2, 0) is 21.4 Å². The molecule has 1 fully saturated rings. The fraction of sp³-hybridized carbons (Fsp3) is 0.500. The van der Waals surface area contributed by atoms with Gasteiger partial charge in [0.15, 0.2) is 0 Å². The number of benzene rings is 1. The minimum Gasteiger partial charge on any atom is -0.351 e. The van der Waals surface area contributed by atoms with E-state index in [1.165, 1.54) is 22.7 Å². The molecule has 22 heavy (non-hydrogen) atoms. The van der Waals surface area contributed by atoms with Crippen molar-refractivity contribution in [3.63, 3.8) is 0 Å². The van der Waals surface area contributed by atoms with E-state index in [2.05, 4.69) is 5.32 Å². The summed E-state index contributed by atoms with van der Waals surface area (Å²) in [4.78, 5) is 13.8. The van der Waals surface area contributed by atoms with Crippen molar-refractivity contribution in [2.75, 3.05) is 39.0 Å². The molecular formula is C14H20FN3O3S. The molecule has 1 N–H and O–H groups in total. The van der Waals surface area contributed by atoms with Gasteiger partial charge in [-0.25, -0.2) is 12.8 Å². The lowest BCUT2D eigenvalue weighted by atomic mass is 10.2. The zero-order valence-corrected chi connectivity index (χ0v) is 13.3. The molecule has 0 radical (unpaired) electrons. The number of sulfonamides is 1. The zero-order chi connectivity index (χ0) is 16.2. The standard InChI is InChI=1S/C14H20FN3O3S/c1-22(20,21)18-8-6-17(7-9-18)11-14(19)16-10-12-2-4-13(15)5-3-12/h2-5H,6-11H2,1H3,(H,16,19). The largest absolute Gasteiger partial charge is 0.351 e. The Morgan fingerprint density at radius 3 is 2.32 bits per heavy atom. The van der Waals surface area contributed by atoms with E-state index in [4.69, 9.17) is 0 Å². The molecular weight excluding hydrogens is 309 g/mol. The summed E-state index contributed by atoms with van der Waals surface area (Å²) in [7, 11) is -3.15. The molecule has 1 heterocycles. The van der Waals surface area contributed by atoms with Crippen LogP contribution in [0.15, 0.2) is 24.3 Å². The van der Waals surface area contributed by atoms with E-state index in [-0.39, 0.29) is 18.3 Å². The average molecular weight is 329 g/mol. The molecule has 2 rings (SSSR count). The smallest absolute Gasteiger partial charge is 0.234 e. The van der Waals surface area contributed by atoms with Gasteiger partial charge in [0.2, 0.25) is 15.9 Å². The molecule has 1 amide bonds. The Morgan fingerprint density at radius 2 is 1.77 bits per heavy atom. The molecule has 0 saturated carbocycles. The van der Waals surface area contributed by atoms with Gasteiger partial charge >= 0.3 is 0 Å². The van der Waals surface area contributed by atoms with E-state index in [0.717, 1.165) is 5.56 Å². The van der Waals surface area contributed by atoms with Crippen molar-refractivity contribution in [2.45, 2.75) is 6.54 Å². The number of halogens is 1. The number of nitrogens with one attached hydrogen (secondary N) is 1. The van der Waals surface area contributed by atoms with Gasteiger partial charge in [0.1, 0.15) is 5.82 Å². The van der Waals surface area contributed by atoms with Crippen molar-refractivity contribution < 1.29 is 17.6 Å². The van der Waals surface area contributed by atoms with E-state index >= 15 is 0 Å². The molecule has 1 aliphatic heterocycles. The number of carbonyl (C=O) groups is 1. The van der Waals surface area contributed by atoms with Gasteiger partial charge in [0.25, 0.3) is 0 Å². The molecule has 0 aliphatic carbocycles. The van der Waals surface area contributed by atoms with Crippen LogP contribution >= 0.6 is 0 Å². The van der Waals surface area contributed by atoms with Crippen LogP contribution in [0.3, 0.4) is 0 Å². The molecule has 0 bridgehead atoms. The second kappa shape index (κ2) is 7.17. The van der Waals surface area contributed by atoms with Crippen LogP contribution in [-0.4, -0.2) is 62.5 Å². The minimum atomic E-state index is -3.15. The fourth-order valence-corrected chi connectivity index (χ4v) is 3.11. The summed E-state index contributed by atoms with van der Waals surface area (Å²) in [5, 5.41) is 2.77.